The van der Waals surface area contributed by atoms with E-state index in [0.29, 0.717) is 29.8 Å². The van der Waals surface area contributed by atoms with Crippen molar-refractivity contribution in [2.45, 2.75) is 26.9 Å². The maximum Gasteiger partial charge on any atom is 0.143 e. The summed E-state index contributed by atoms with van der Waals surface area (Å²) in [6.07, 6.45) is 4.41. The number of aliphatic imine (C=N–C) groups is 1. The Morgan fingerprint density at radius 1 is 1.22 bits per heavy atom. The minimum Gasteiger partial charge on any atom is -0.487 e. The number of pyridine rings is 1. The molecule has 23 heavy (non-hydrogen) atoms. The van der Waals surface area contributed by atoms with E-state index in [1.165, 1.54) is 0 Å². The summed E-state index contributed by atoms with van der Waals surface area (Å²) >= 11 is 0. The van der Waals surface area contributed by atoms with E-state index in [0.717, 1.165) is 23.1 Å². The summed E-state index contributed by atoms with van der Waals surface area (Å²) in [4.78, 5) is 8.05. The monoisotopic (exact) mass is 312 g/mol. The standard InChI is InChI=1S/C18H24N4O/c1-12(2)8-14-9-15(18(20)21-3)17(19)16(10-14)23-11-13-4-6-22-7-5-13/h4-7,9-10,12H,8,11,19H2,1-3H3,(H2,20,21). The molecule has 5 nitrogen and oxygen atoms in total. The fourth-order valence-electron chi connectivity index (χ4n) is 2.36. The molecule has 1 aromatic heterocycles. The number of nitrogens with two attached hydrogens (primary N) is 2. The summed E-state index contributed by atoms with van der Waals surface area (Å²) in [6.45, 7) is 4.77. The first-order valence-electron chi connectivity index (χ1n) is 7.68. The second-order valence-corrected chi connectivity index (χ2v) is 5.91. The Balaban J connectivity index is 2.32. The van der Waals surface area contributed by atoms with Gasteiger partial charge in [-0.1, -0.05) is 13.8 Å². The second kappa shape index (κ2) is 7.63. The lowest BCUT2D eigenvalue weighted by Crippen LogP contribution is -2.17. The molecule has 0 atom stereocenters. The zero-order valence-corrected chi connectivity index (χ0v) is 13.9. The van der Waals surface area contributed by atoms with Crippen molar-refractivity contribution in [3.05, 3.63) is 53.3 Å². The molecule has 0 radical (unpaired) electrons. The molecule has 0 bridgehead atoms. The molecule has 0 spiro atoms. The van der Waals surface area contributed by atoms with E-state index in [1.54, 1.807) is 19.4 Å². The molecular formula is C18H24N4O. The van der Waals surface area contributed by atoms with Crippen LogP contribution in [0.5, 0.6) is 5.75 Å². The van der Waals surface area contributed by atoms with Crippen molar-refractivity contribution in [2.75, 3.05) is 12.8 Å². The Morgan fingerprint density at radius 2 is 1.91 bits per heavy atom. The predicted octanol–water partition coefficient (Wildman–Crippen LogP) is 2.78. The molecule has 0 saturated carbocycles. The lowest BCUT2D eigenvalue weighted by molar-refractivity contribution is 0.307. The molecule has 122 valence electrons. The maximum absolute atomic E-state index is 6.23. The van der Waals surface area contributed by atoms with Gasteiger partial charge in [0.15, 0.2) is 0 Å². The fraction of sp³-hybridized carbons (Fsp3) is 0.333. The number of anilines is 1. The summed E-state index contributed by atoms with van der Waals surface area (Å²) in [5.74, 6) is 1.59. The van der Waals surface area contributed by atoms with E-state index < -0.39 is 0 Å². The van der Waals surface area contributed by atoms with E-state index in [1.807, 2.05) is 24.3 Å². The molecule has 4 N–H and O–H groups in total. The van der Waals surface area contributed by atoms with E-state index in [2.05, 4.69) is 23.8 Å². The van der Waals surface area contributed by atoms with Gasteiger partial charge in [0.1, 0.15) is 18.2 Å². The van der Waals surface area contributed by atoms with Crippen LogP contribution in [0, 0.1) is 5.92 Å². The molecule has 2 aromatic rings. The van der Waals surface area contributed by atoms with E-state index in [-0.39, 0.29) is 0 Å². The first-order valence-corrected chi connectivity index (χ1v) is 7.68. The SMILES string of the molecule is C/N=C(/N)c1cc(CC(C)C)cc(OCc2ccncc2)c1N. The van der Waals surface area contributed by atoms with Gasteiger partial charge in [0.05, 0.1) is 5.69 Å². The van der Waals surface area contributed by atoms with Crippen molar-refractivity contribution in [1.29, 1.82) is 0 Å². The Morgan fingerprint density at radius 3 is 2.52 bits per heavy atom. The summed E-state index contributed by atoms with van der Waals surface area (Å²) in [5, 5.41) is 0. The zero-order chi connectivity index (χ0) is 16.8. The van der Waals surface area contributed by atoms with Crippen LogP contribution in [0.4, 0.5) is 5.69 Å². The Hall–Kier alpha value is -2.56. The number of ether oxygens (including phenoxy) is 1. The number of hydrogen-bond acceptors (Lipinski definition) is 4. The van der Waals surface area contributed by atoms with Gasteiger partial charge in [0.2, 0.25) is 0 Å². The van der Waals surface area contributed by atoms with Crippen LogP contribution in [0.2, 0.25) is 0 Å². The minimum absolute atomic E-state index is 0.418. The average Bonchev–Trinajstić information content (AvgIpc) is 2.54. The Bertz CT molecular complexity index is 681. The van der Waals surface area contributed by atoms with Crippen molar-refractivity contribution in [3.8, 4) is 5.75 Å². The maximum atomic E-state index is 6.23. The Labute approximate surface area is 137 Å². The molecule has 0 aliphatic rings. The smallest absolute Gasteiger partial charge is 0.143 e. The summed E-state index contributed by atoms with van der Waals surface area (Å²) in [7, 11) is 1.65. The van der Waals surface area contributed by atoms with E-state index in [9.17, 15) is 0 Å². The van der Waals surface area contributed by atoms with Crippen molar-refractivity contribution in [1.82, 2.24) is 4.98 Å². The molecule has 0 fully saturated rings. The number of nitrogen functional groups attached to an aromatic ring is 1. The van der Waals surface area contributed by atoms with Crippen LogP contribution in [0.3, 0.4) is 0 Å². The predicted molar refractivity (Wildman–Crippen MR) is 94.6 cm³/mol. The van der Waals surface area contributed by atoms with Crippen LogP contribution >= 0.6 is 0 Å². The second-order valence-electron chi connectivity index (χ2n) is 5.91. The quantitative estimate of drug-likeness (QED) is 0.488. The lowest BCUT2D eigenvalue weighted by atomic mass is 9.99. The number of hydrogen-bond donors (Lipinski definition) is 2. The van der Waals surface area contributed by atoms with Crippen LogP contribution < -0.4 is 16.2 Å². The van der Waals surface area contributed by atoms with Crippen molar-refractivity contribution in [2.24, 2.45) is 16.6 Å². The molecule has 0 aliphatic carbocycles. The third-order valence-electron chi connectivity index (χ3n) is 3.51. The molecule has 5 heteroatoms. The van der Waals surface area contributed by atoms with Crippen molar-refractivity contribution >= 4 is 11.5 Å². The number of benzene rings is 1. The molecule has 1 aromatic carbocycles. The van der Waals surface area contributed by atoms with E-state index >= 15 is 0 Å². The van der Waals surface area contributed by atoms with Crippen molar-refractivity contribution < 1.29 is 4.74 Å². The zero-order valence-electron chi connectivity index (χ0n) is 13.9. The van der Waals surface area contributed by atoms with Crippen LogP contribution in [-0.4, -0.2) is 17.9 Å². The van der Waals surface area contributed by atoms with Gasteiger partial charge in [-0.15, -0.1) is 0 Å². The summed E-state index contributed by atoms with van der Waals surface area (Å²) in [6, 6.07) is 7.81. The molecular weight excluding hydrogens is 288 g/mol. The molecule has 0 amide bonds. The number of nitrogens with zero attached hydrogens (tertiary/aromatic N) is 2. The third-order valence-corrected chi connectivity index (χ3v) is 3.51. The first kappa shape index (κ1) is 16.8. The highest BCUT2D eigenvalue weighted by atomic mass is 16.5. The van der Waals surface area contributed by atoms with Gasteiger partial charge < -0.3 is 16.2 Å². The Kier molecular flexibility index (Phi) is 5.57. The lowest BCUT2D eigenvalue weighted by Gasteiger charge is -2.16. The highest BCUT2D eigenvalue weighted by Crippen LogP contribution is 2.29. The van der Waals surface area contributed by atoms with Crippen LogP contribution in [0.25, 0.3) is 0 Å². The molecule has 0 unspecified atom stereocenters. The van der Waals surface area contributed by atoms with Crippen LogP contribution in [-0.2, 0) is 13.0 Å². The number of aromatic nitrogens is 1. The van der Waals surface area contributed by atoms with Gasteiger partial charge in [0.25, 0.3) is 0 Å². The normalized spacial score (nSPS) is 11.7. The summed E-state index contributed by atoms with van der Waals surface area (Å²) < 4.78 is 5.92. The largest absolute Gasteiger partial charge is 0.487 e. The molecule has 0 aliphatic heterocycles. The molecule has 1 heterocycles. The van der Waals surface area contributed by atoms with Gasteiger partial charge >= 0.3 is 0 Å². The minimum atomic E-state index is 0.418. The topological polar surface area (TPSA) is 86.5 Å². The van der Waals surface area contributed by atoms with E-state index in [4.69, 9.17) is 16.2 Å². The highest BCUT2D eigenvalue weighted by molar-refractivity contribution is 6.03. The van der Waals surface area contributed by atoms with Gasteiger partial charge in [-0.05, 0) is 47.7 Å². The van der Waals surface area contributed by atoms with Gasteiger partial charge in [-0.2, -0.15) is 0 Å². The van der Waals surface area contributed by atoms with Crippen LogP contribution in [0.1, 0.15) is 30.5 Å². The average molecular weight is 312 g/mol. The van der Waals surface area contributed by atoms with Crippen molar-refractivity contribution in [3.63, 3.8) is 0 Å². The number of amidine groups is 1. The fourth-order valence-corrected chi connectivity index (χ4v) is 2.36. The van der Waals surface area contributed by atoms with Gasteiger partial charge in [-0.25, -0.2) is 0 Å². The molecule has 0 saturated heterocycles. The number of rotatable bonds is 6. The molecule has 2 rings (SSSR count). The first-order chi connectivity index (χ1) is 11.0. The summed E-state index contributed by atoms with van der Waals surface area (Å²) in [5.41, 5.74) is 15.6. The van der Waals surface area contributed by atoms with Gasteiger partial charge in [-0.3, -0.25) is 9.98 Å². The van der Waals surface area contributed by atoms with Gasteiger partial charge in [0, 0.05) is 25.0 Å². The third kappa shape index (κ3) is 4.45. The van der Waals surface area contributed by atoms with Crippen LogP contribution in [0.15, 0.2) is 41.7 Å². The highest BCUT2D eigenvalue weighted by Gasteiger charge is 2.13.